The monoisotopic (exact) mass is 656 g/mol. The largest absolute Gasteiger partial charge is 0.416 e. The van der Waals surface area contributed by atoms with Crippen LogP contribution < -0.4 is 0 Å². The van der Waals surface area contributed by atoms with Crippen LogP contribution >= 0.6 is 24.8 Å². The van der Waals surface area contributed by atoms with E-state index in [4.69, 9.17) is 0 Å². The molecule has 0 aliphatic carbocycles. The molecular weight excluding hydrogens is 629 g/mol. The van der Waals surface area contributed by atoms with Gasteiger partial charge in [-0.25, -0.2) is 0 Å². The second-order valence-corrected chi connectivity index (χ2v) is 10.1. The van der Waals surface area contributed by atoms with Crippen molar-refractivity contribution in [3.8, 4) is 11.8 Å². The van der Waals surface area contributed by atoms with E-state index in [0.717, 1.165) is 22.0 Å². The van der Waals surface area contributed by atoms with Gasteiger partial charge in [0.25, 0.3) is 5.91 Å². The van der Waals surface area contributed by atoms with E-state index in [0.29, 0.717) is 44.6 Å². The van der Waals surface area contributed by atoms with E-state index in [1.54, 1.807) is 18.5 Å². The van der Waals surface area contributed by atoms with Crippen LogP contribution in [0, 0.1) is 11.8 Å². The SMILES string of the molecule is Cl.Cl.O=C(c1cc(C(F)(F)F)cc(C(F)(F)F)c1)N1CCN(CCC#Cc2cccnc2)C[C@H]1Cc1c[nH]c2ccccc12. The fraction of sp³-hybridized carbons (Fsp3) is 0.290. The molecule has 0 unspecified atom stereocenters. The lowest BCUT2D eigenvalue weighted by atomic mass is 9.98. The van der Waals surface area contributed by atoms with Crippen molar-refractivity contribution in [2.24, 2.45) is 0 Å². The maximum Gasteiger partial charge on any atom is 0.416 e. The Balaban J connectivity index is 0.00000264. The highest BCUT2D eigenvalue weighted by Crippen LogP contribution is 2.37. The number of rotatable bonds is 5. The number of carbonyl (C=O) groups excluding carboxylic acids is 1. The van der Waals surface area contributed by atoms with Gasteiger partial charge in [0.1, 0.15) is 0 Å². The van der Waals surface area contributed by atoms with Crippen LogP contribution in [0.3, 0.4) is 0 Å². The molecule has 1 fully saturated rings. The van der Waals surface area contributed by atoms with Crippen LogP contribution in [0.15, 0.2) is 73.2 Å². The van der Waals surface area contributed by atoms with Crippen molar-refractivity contribution < 1.29 is 31.1 Å². The van der Waals surface area contributed by atoms with E-state index in [1.807, 2.05) is 36.5 Å². The van der Waals surface area contributed by atoms with Crippen molar-refractivity contribution in [3.05, 3.63) is 101 Å². The van der Waals surface area contributed by atoms with Crippen LogP contribution in [-0.2, 0) is 18.8 Å². The van der Waals surface area contributed by atoms with Gasteiger partial charge in [-0.3, -0.25) is 14.7 Å². The molecule has 5 nitrogen and oxygen atoms in total. The molecule has 44 heavy (non-hydrogen) atoms. The third kappa shape index (κ3) is 8.25. The molecule has 2 aromatic carbocycles. The van der Waals surface area contributed by atoms with Crippen LogP contribution in [0.2, 0.25) is 0 Å². The van der Waals surface area contributed by atoms with Gasteiger partial charge in [-0.05, 0) is 48.4 Å². The molecular formula is C31H28Cl2F6N4O. The topological polar surface area (TPSA) is 52.2 Å². The maximum absolute atomic E-state index is 13.6. The van der Waals surface area contributed by atoms with Crippen molar-refractivity contribution in [3.63, 3.8) is 0 Å². The van der Waals surface area contributed by atoms with Crippen molar-refractivity contribution in [1.82, 2.24) is 19.8 Å². The predicted molar refractivity (Wildman–Crippen MR) is 160 cm³/mol. The van der Waals surface area contributed by atoms with Gasteiger partial charge in [0.05, 0.1) is 11.1 Å². The van der Waals surface area contributed by atoms with Crippen molar-refractivity contribution in [2.75, 3.05) is 26.2 Å². The van der Waals surface area contributed by atoms with Gasteiger partial charge in [0, 0.05) is 79.3 Å². The quantitative estimate of drug-likeness (QED) is 0.182. The molecule has 234 valence electrons. The molecule has 0 saturated carbocycles. The first-order valence-corrected chi connectivity index (χ1v) is 13.3. The summed E-state index contributed by atoms with van der Waals surface area (Å²) in [6.07, 6.45) is -4.07. The highest BCUT2D eigenvalue weighted by molar-refractivity contribution is 5.95. The van der Waals surface area contributed by atoms with Gasteiger partial charge in [-0.1, -0.05) is 30.0 Å². The zero-order valence-electron chi connectivity index (χ0n) is 23.1. The van der Waals surface area contributed by atoms with Gasteiger partial charge >= 0.3 is 12.4 Å². The van der Waals surface area contributed by atoms with Crippen LogP contribution in [0.4, 0.5) is 26.3 Å². The van der Waals surface area contributed by atoms with Crippen molar-refractivity contribution in [2.45, 2.75) is 31.2 Å². The zero-order chi connectivity index (χ0) is 29.9. The van der Waals surface area contributed by atoms with Crippen LogP contribution in [-0.4, -0.2) is 57.9 Å². The Hall–Kier alpha value is -3.72. The maximum atomic E-state index is 13.6. The normalized spacial score (nSPS) is 15.6. The molecule has 0 spiro atoms. The number of hydrogen-bond donors (Lipinski definition) is 1. The molecule has 0 radical (unpaired) electrons. The fourth-order valence-corrected chi connectivity index (χ4v) is 5.18. The molecule has 4 aromatic rings. The number of pyridine rings is 1. The predicted octanol–water partition coefficient (Wildman–Crippen LogP) is 7.26. The summed E-state index contributed by atoms with van der Waals surface area (Å²) in [5.41, 5.74) is -1.11. The summed E-state index contributed by atoms with van der Waals surface area (Å²) in [5, 5.41) is 0.933. The minimum absolute atomic E-state index is 0. The Morgan fingerprint density at radius 1 is 0.955 bits per heavy atom. The molecule has 1 aliphatic heterocycles. The molecule has 3 heterocycles. The fourth-order valence-electron chi connectivity index (χ4n) is 5.18. The highest BCUT2D eigenvalue weighted by atomic mass is 35.5. The van der Waals surface area contributed by atoms with Gasteiger partial charge in [-0.15, -0.1) is 24.8 Å². The lowest BCUT2D eigenvalue weighted by molar-refractivity contribution is -0.143. The number of amides is 1. The minimum Gasteiger partial charge on any atom is -0.361 e. The minimum atomic E-state index is -5.05. The number of hydrogen-bond acceptors (Lipinski definition) is 3. The van der Waals surface area contributed by atoms with E-state index in [2.05, 4.69) is 26.7 Å². The summed E-state index contributed by atoms with van der Waals surface area (Å²) in [4.78, 5) is 24.3. The summed E-state index contributed by atoms with van der Waals surface area (Å²) in [5.74, 6) is 5.28. The number of piperazine rings is 1. The molecule has 1 atom stereocenters. The highest BCUT2D eigenvalue weighted by Gasteiger charge is 2.39. The van der Waals surface area contributed by atoms with Crippen LogP contribution in [0.1, 0.15) is 39.0 Å². The first-order valence-electron chi connectivity index (χ1n) is 13.3. The lowest BCUT2D eigenvalue weighted by Gasteiger charge is -2.41. The number of H-pyrrole nitrogens is 1. The number of benzene rings is 2. The molecule has 1 aliphatic rings. The molecule has 1 saturated heterocycles. The van der Waals surface area contributed by atoms with E-state index in [1.165, 1.54) is 4.90 Å². The smallest absolute Gasteiger partial charge is 0.361 e. The average molecular weight is 657 g/mol. The summed E-state index contributed by atoms with van der Waals surface area (Å²) >= 11 is 0. The second-order valence-electron chi connectivity index (χ2n) is 10.1. The number of aromatic amines is 1. The molecule has 1 N–H and O–H groups in total. The molecule has 1 amide bonds. The van der Waals surface area contributed by atoms with Crippen LogP contribution in [0.25, 0.3) is 10.9 Å². The average Bonchev–Trinajstić information content (AvgIpc) is 3.37. The van der Waals surface area contributed by atoms with Gasteiger partial charge in [-0.2, -0.15) is 26.3 Å². The Morgan fingerprint density at radius 2 is 1.66 bits per heavy atom. The second kappa shape index (κ2) is 14.4. The number of nitrogens with one attached hydrogen (secondary N) is 1. The Labute approximate surface area is 262 Å². The number of halogens is 8. The molecule has 0 bridgehead atoms. The van der Waals surface area contributed by atoms with Gasteiger partial charge < -0.3 is 9.88 Å². The summed E-state index contributed by atoms with van der Waals surface area (Å²) < 4.78 is 81.1. The summed E-state index contributed by atoms with van der Waals surface area (Å²) in [7, 11) is 0. The molecule has 2 aromatic heterocycles. The number of nitrogens with zero attached hydrogens (tertiary/aromatic N) is 3. The number of carbonyl (C=O) groups is 1. The van der Waals surface area contributed by atoms with Crippen LogP contribution in [0.5, 0.6) is 0 Å². The number of alkyl halides is 6. The van der Waals surface area contributed by atoms with Gasteiger partial charge in [0.15, 0.2) is 0 Å². The summed E-state index contributed by atoms with van der Waals surface area (Å²) in [6, 6.07) is 11.7. The van der Waals surface area contributed by atoms with E-state index < -0.39 is 41.0 Å². The first-order chi connectivity index (χ1) is 20.0. The van der Waals surface area contributed by atoms with Gasteiger partial charge in [0.2, 0.25) is 0 Å². The number of fused-ring (bicyclic) bond motifs is 1. The Kier molecular flexibility index (Phi) is 11.4. The molecule has 5 rings (SSSR count). The standard InChI is InChI=1S/C31H26F6N4O.2ClH/c32-30(33,34)24-14-22(15-25(17-24)31(35,36)37)29(42)41-13-12-40(11-4-3-6-21-7-5-10-38-18-21)20-26(41)16-23-19-39-28-9-2-1-8-27(23)28;;/h1-2,5,7-10,14-15,17-19,26,39H,4,11-13,16,20H2;2*1H/t26-;;/m1../s1. The first kappa shape index (κ1) is 34.8. The Morgan fingerprint density at radius 3 is 2.32 bits per heavy atom. The zero-order valence-corrected chi connectivity index (χ0v) is 24.7. The van der Waals surface area contributed by atoms with E-state index in [-0.39, 0.29) is 37.4 Å². The summed E-state index contributed by atoms with van der Waals surface area (Å²) in [6.45, 7) is 1.50. The van der Waals surface area contributed by atoms with E-state index in [9.17, 15) is 31.1 Å². The van der Waals surface area contributed by atoms with E-state index >= 15 is 0 Å². The lowest BCUT2D eigenvalue weighted by Crippen LogP contribution is -2.56. The van der Waals surface area contributed by atoms with Crippen molar-refractivity contribution in [1.29, 1.82) is 0 Å². The number of para-hydroxylation sites is 1. The third-order valence-electron chi connectivity index (χ3n) is 7.24. The Bertz CT molecular complexity index is 1600. The number of aromatic nitrogens is 2. The van der Waals surface area contributed by atoms with Crippen molar-refractivity contribution >= 4 is 41.6 Å². The molecule has 13 heteroatoms. The third-order valence-corrected chi connectivity index (χ3v) is 7.24.